The summed E-state index contributed by atoms with van der Waals surface area (Å²) in [5.41, 5.74) is 1.30. The molecule has 0 fully saturated rings. The molecule has 118 valence electrons. The summed E-state index contributed by atoms with van der Waals surface area (Å²) in [6.07, 6.45) is 0.617. The zero-order chi connectivity index (χ0) is 16.3. The van der Waals surface area contributed by atoms with Crippen molar-refractivity contribution in [3.8, 4) is 17.2 Å². The Kier molecular flexibility index (Phi) is 4.76. The minimum Gasteiger partial charge on any atom is -0.508 e. The SMILES string of the molecule is CCC(c1cccc(O)c1)c1ccc(O)cc1OP(=O)(O)O. The number of hydrogen-bond donors (Lipinski definition) is 4. The average Bonchev–Trinajstić information content (AvgIpc) is 2.40. The summed E-state index contributed by atoms with van der Waals surface area (Å²) >= 11 is 0. The first-order valence-corrected chi connectivity index (χ1v) is 8.20. The van der Waals surface area contributed by atoms with Gasteiger partial charge in [0.1, 0.15) is 17.2 Å². The molecular formula is C15H17O6P. The highest BCUT2D eigenvalue weighted by Crippen LogP contribution is 2.44. The van der Waals surface area contributed by atoms with Crippen LogP contribution in [-0.2, 0) is 4.57 Å². The van der Waals surface area contributed by atoms with Crippen molar-refractivity contribution >= 4 is 7.82 Å². The van der Waals surface area contributed by atoms with Crippen LogP contribution < -0.4 is 4.52 Å². The Bertz CT molecular complexity index is 709. The van der Waals surface area contributed by atoms with Gasteiger partial charge in [-0.15, -0.1) is 0 Å². The van der Waals surface area contributed by atoms with Gasteiger partial charge in [0.2, 0.25) is 0 Å². The van der Waals surface area contributed by atoms with E-state index in [1.54, 1.807) is 24.3 Å². The lowest BCUT2D eigenvalue weighted by molar-refractivity contribution is 0.281. The van der Waals surface area contributed by atoms with E-state index in [2.05, 4.69) is 0 Å². The maximum Gasteiger partial charge on any atom is 0.524 e. The Balaban J connectivity index is 2.51. The van der Waals surface area contributed by atoms with Gasteiger partial charge in [-0.05, 0) is 30.2 Å². The minimum atomic E-state index is -4.75. The first-order chi connectivity index (χ1) is 10.3. The molecule has 2 aromatic rings. The first-order valence-electron chi connectivity index (χ1n) is 6.67. The van der Waals surface area contributed by atoms with Crippen LogP contribution in [0.1, 0.15) is 30.4 Å². The lowest BCUT2D eigenvalue weighted by Crippen LogP contribution is -2.03. The Morgan fingerprint density at radius 3 is 2.36 bits per heavy atom. The minimum absolute atomic E-state index is 0.0801. The second kappa shape index (κ2) is 6.40. The summed E-state index contributed by atoms with van der Waals surface area (Å²) < 4.78 is 15.8. The fourth-order valence-corrected chi connectivity index (χ4v) is 2.81. The van der Waals surface area contributed by atoms with Crippen molar-refractivity contribution in [2.45, 2.75) is 19.3 Å². The smallest absolute Gasteiger partial charge is 0.508 e. The molecule has 1 atom stereocenters. The van der Waals surface area contributed by atoms with E-state index in [-0.39, 0.29) is 23.2 Å². The van der Waals surface area contributed by atoms with E-state index in [0.717, 1.165) is 5.56 Å². The zero-order valence-corrected chi connectivity index (χ0v) is 12.8. The molecular weight excluding hydrogens is 307 g/mol. The van der Waals surface area contributed by atoms with Gasteiger partial charge < -0.3 is 14.7 Å². The fraction of sp³-hybridized carbons (Fsp3) is 0.200. The molecule has 4 N–H and O–H groups in total. The molecule has 0 heterocycles. The van der Waals surface area contributed by atoms with Crippen molar-refractivity contribution in [2.75, 3.05) is 0 Å². The number of phenols is 2. The maximum absolute atomic E-state index is 11.1. The van der Waals surface area contributed by atoms with Crippen LogP contribution in [0.15, 0.2) is 42.5 Å². The molecule has 2 aromatic carbocycles. The van der Waals surface area contributed by atoms with Crippen molar-refractivity contribution in [1.29, 1.82) is 0 Å². The number of phosphoric ester groups is 1. The molecule has 2 rings (SSSR count). The van der Waals surface area contributed by atoms with Crippen molar-refractivity contribution in [1.82, 2.24) is 0 Å². The molecule has 22 heavy (non-hydrogen) atoms. The number of phenolic OH excluding ortho intramolecular Hbond substituents is 2. The molecule has 0 aromatic heterocycles. The third kappa shape index (κ3) is 4.01. The van der Waals surface area contributed by atoms with Crippen LogP contribution in [0.5, 0.6) is 17.2 Å². The van der Waals surface area contributed by atoms with Crippen LogP contribution in [0.25, 0.3) is 0 Å². The third-order valence-electron chi connectivity index (χ3n) is 3.27. The van der Waals surface area contributed by atoms with E-state index in [9.17, 15) is 14.8 Å². The van der Waals surface area contributed by atoms with Gasteiger partial charge in [0.25, 0.3) is 0 Å². The van der Waals surface area contributed by atoms with E-state index in [0.29, 0.717) is 12.0 Å². The standard InChI is InChI=1S/C15H17O6P/c1-2-13(10-4-3-5-11(16)8-10)14-7-6-12(17)9-15(14)21-22(18,19)20/h3-9,13,16-17H,2H2,1H3,(H2,18,19,20). The van der Waals surface area contributed by atoms with Gasteiger partial charge in [-0.25, -0.2) is 4.57 Å². The van der Waals surface area contributed by atoms with Crippen LogP contribution in [0, 0.1) is 0 Å². The summed E-state index contributed by atoms with van der Waals surface area (Å²) in [4.78, 5) is 18.0. The number of hydrogen-bond acceptors (Lipinski definition) is 4. The van der Waals surface area contributed by atoms with Gasteiger partial charge in [-0.1, -0.05) is 25.1 Å². The van der Waals surface area contributed by atoms with Gasteiger partial charge in [0.05, 0.1) is 0 Å². The van der Waals surface area contributed by atoms with Crippen molar-refractivity contribution in [2.24, 2.45) is 0 Å². The molecule has 0 amide bonds. The molecule has 6 nitrogen and oxygen atoms in total. The largest absolute Gasteiger partial charge is 0.524 e. The van der Waals surface area contributed by atoms with Gasteiger partial charge in [-0.3, -0.25) is 9.79 Å². The van der Waals surface area contributed by atoms with Crippen molar-refractivity contribution < 1.29 is 29.1 Å². The number of aromatic hydroxyl groups is 2. The Morgan fingerprint density at radius 2 is 1.77 bits per heavy atom. The highest BCUT2D eigenvalue weighted by atomic mass is 31.2. The van der Waals surface area contributed by atoms with Crippen molar-refractivity contribution in [3.05, 3.63) is 53.6 Å². The van der Waals surface area contributed by atoms with Crippen LogP contribution >= 0.6 is 7.82 Å². The molecule has 7 heteroatoms. The van der Waals surface area contributed by atoms with Gasteiger partial charge in [-0.2, -0.15) is 0 Å². The summed E-state index contributed by atoms with van der Waals surface area (Å²) in [5, 5.41) is 19.1. The Morgan fingerprint density at radius 1 is 1.09 bits per heavy atom. The normalized spacial score (nSPS) is 12.9. The molecule has 0 saturated heterocycles. The lowest BCUT2D eigenvalue weighted by atomic mass is 9.88. The van der Waals surface area contributed by atoms with E-state index in [4.69, 9.17) is 14.3 Å². The molecule has 0 aliphatic heterocycles. The second-order valence-electron chi connectivity index (χ2n) is 4.86. The van der Waals surface area contributed by atoms with Gasteiger partial charge in [0.15, 0.2) is 0 Å². The molecule has 0 aliphatic rings. The molecule has 1 unspecified atom stereocenters. The maximum atomic E-state index is 11.1. The summed E-state index contributed by atoms with van der Waals surface area (Å²) in [7, 11) is -4.75. The second-order valence-corrected chi connectivity index (χ2v) is 6.02. The highest BCUT2D eigenvalue weighted by Gasteiger charge is 2.23. The van der Waals surface area contributed by atoms with E-state index >= 15 is 0 Å². The molecule has 0 saturated carbocycles. The number of rotatable bonds is 5. The topological polar surface area (TPSA) is 107 Å². The van der Waals surface area contributed by atoms with E-state index in [1.807, 2.05) is 13.0 Å². The third-order valence-corrected chi connectivity index (χ3v) is 3.71. The fourth-order valence-electron chi connectivity index (χ4n) is 2.39. The molecule has 0 aliphatic carbocycles. The van der Waals surface area contributed by atoms with Crippen molar-refractivity contribution in [3.63, 3.8) is 0 Å². The zero-order valence-electron chi connectivity index (χ0n) is 11.9. The summed E-state index contributed by atoms with van der Waals surface area (Å²) in [6.45, 7) is 1.91. The number of benzene rings is 2. The predicted molar refractivity (Wildman–Crippen MR) is 81.0 cm³/mol. The monoisotopic (exact) mass is 324 g/mol. The number of phosphoric acid groups is 1. The first kappa shape index (κ1) is 16.4. The van der Waals surface area contributed by atoms with Gasteiger partial charge >= 0.3 is 7.82 Å². The quantitative estimate of drug-likeness (QED) is 0.630. The summed E-state index contributed by atoms with van der Waals surface area (Å²) in [5.74, 6) is -0.372. The highest BCUT2D eigenvalue weighted by molar-refractivity contribution is 7.46. The van der Waals surface area contributed by atoms with Crippen LogP contribution in [0.3, 0.4) is 0 Å². The van der Waals surface area contributed by atoms with Crippen LogP contribution in [0.4, 0.5) is 0 Å². The van der Waals surface area contributed by atoms with Crippen LogP contribution in [-0.4, -0.2) is 20.0 Å². The molecule has 0 radical (unpaired) electrons. The summed E-state index contributed by atoms with van der Waals surface area (Å²) in [6, 6.07) is 10.8. The van der Waals surface area contributed by atoms with Crippen LogP contribution in [0.2, 0.25) is 0 Å². The lowest BCUT2D eigenvalue weighted by Gasteiger charge is -2.20. The predicted octanol–water partition coefficient (Wildman–Crippen LogP) is 3.11. The van der Waals surface area contributed by atoms with Gasteiger partial charge in [0, 0.05) is 17.5 Å². The van der Waals surface area contributed by atoms with E-state index < -0.39 is 7.82 Å². The average molecular weight is 324 g/mol. The molecule has 0 spiro atoms. The Labute approximate surface area is 127 Å². The molecule has 0 bridgehead atoms. The van der Waals surface area contributed by atoms with E-state index in [1.165, 1.54) is 12.1 Å². The Hall–Kier alpha value is -2.01.